The number of benzene rings is 1. The van der Waals surface area contributed by atoms with Gasteiger partial charge < -0.3 is 10.2 Å². The quantitative estimate of drug-likeness (QED) is 0.636. The summed E-state index contributed by atoms with van der Waals surface area (Å²) in [6.07, 6.45) is -0.253. The summed E-state index contributed by atoms with van der Waals surface area (Å²) >= 11 is 0. The van der Waals surface area contributed by atoms with Crippen LogP contribution < -0.4 is 5.32 Å². The van der Waals surface area contributed by atoms with Gasteiger partial charge in [0.05, 0.1) is 0 Å². The van der Waals surface area contributed by atoms with Crippen molar-refractivity contribution in [1.29, 1.82) is 0 Å². The van der Waals surface area contributed by atoms with Crippen molar-refractivity contribution in [2.75, 3.05) is 11.9 Å². The fourth-order valence-electron chi connectivity index (χ4n) is 3.46. The third-order valence-corrected chi connectivity index (χ3v) is 5.07. The van der Waals surface area contributed by atoms with Crippen LogP contribution in [0.1, 0.15) is 29.7 Å². The number of carbonyl (C=O) groups is 1. The Morgan fingerprint density at radius 2 is 1.77 bits per heavy atom. The lowest BCUT2D eigenvalue weighted by molar-refractivity contribution is -0.141. The molecule has 31 heavy (non-hydrogen) atoms. The van der Waals surface area contributed by atoms with Gasteiger partial charge in [-0.05, 0) is 29.7 Å². The minimum Gasteiger partial charge on any atom is -0.366 e. The van der Waals surface area contributed by atoms with Crippen molar-refractivity contribution in [3.05, 3.63) is 71.7 Å². The second-order valence-corrected chi connectivity index (χ2v) is 7.24. The monoisotopic (exact) mass is 427 g/mol. The highest BCUT2D eigenvalue weighted by Crippen LogP contribution is 2.31. The molecule has 1 aromatic carbocycles. The van der Waals surface area contributed by atoms with E-state index in [1.54, 1.807) is 17.0 Å². The number of rotatable bonds is 6. The van der Waals surface area contributed by atoms with Crippen LogP contribution in [0.25, 0.3) is 11.4 Å². The highest BCUT2D eigenvalue weighted by Gasteiger charge is 2.34. The van der Waals surface area contributed by atoms with Crippen molar-refractivity contribution in [3.63, 3.8) is 0 Å². The first kappa shape index (κ1) is 20.8. The molecule has 9 heteroatoms. The van der Waals surface area contributed by atoms with E-state index >= 15 is 0 Å². The lowest BCUT2D eigenvalue weighted by atomic mass is 10.1. The van der Waals surface area contributed by atoms with Crippen molar-refractivity contribution >= 4 is 11.7 Å². The summed E-state index contributed by atoms with van der Waals surface area (Å²) in [5.74, 6) is 0.159. The number of aromatic nitrogens is 3. The number of hydrogen-bond acceptors (Lipinski definition) is 5. The van der Waals surface area contributed by atoms with Crippen molar-refractivity contribution in [1.82, 2.24) is 19.9 Å². The number of anilines is 1. The molecule has 1 aliphatic heterocycles. The molecule has 1 amide bonds. The number of pyridine rings is 1. The van der Waals surface area contributed by atoms with Gasteiger partial charge in [-0.3, -0.25) is 9.78 Å². The zero-order valence-corrected chi connectivity index (χ0v) is 16.6. The largest absolute Gasteiger partial charge is 0.433 e. The molecule has 1 aliphatic rings. The Labute approximate surface area is 177 Å². The molecule has 1 saturated heterocycles. The van der Waals surface area contributed by atoms with Crippen LogP contribution in [0.5, 0.6) is 0 Å². The molecule has 0 bridgehead atoms. The summed E-state index contributed by atoms with van der Waals surface area (Å²) in [6.45, 7) is 1.47. The molecule has 0 spiro atoms. The summed E-state index contributed by atoms with van der Waals surface area (Å²) in [7, 11) is 0. The maximum absolute atomic E-state index is 13.4. The van der Waals surface area contributed by atoms with Gasteiger partial charge in [-0.2, -0.15) is 13.2 Å². The molecular formula is C22H20F3N5O. The van der Waals surface area contributed by atoms with Gasteiger partial charge in [-0.15, -0.1) is 0 Å². The van der Waals surface area contributed by atoms with Gasteiger partial charge in [-0.25, -0.2) is 9.97 Å². The second kappa shape index (κ2) is 8.71. The molecule has 0 atom stereocenters. The Balaban J connectivity index is 1.58. The smallest absolute Gasteiger partial charge is 0.366 e. The van der Waals surface area contributed by atoms with Crippen molar-refractivity contribution in [2.24, 2.45) is 0 Å². The number of likely N-dealkylation sites (tertiary alicyclic amines) is 1. The minimum absolute atomic E-state index is 0.0318. The van der Waals surface area contributed by atoms with Crippen molar-refractivity contribution in [2.45, 2.75) is 32.1 Å². The van der Waals surface area contributed by atoms with E-state index in [9.17, 15) is 18.0 Å². The van der Waals surface area contributed by atoms with Crippen LogP contribution >= 0.6 is 0 Å². The SMILES string of the molecule is O=C1CCCN1Cc1ccccc1CNc1cc(C(F)(F)F)nc(-c2ccncc2)n1. The average Bonchev–Trinajstić information content (AvgIpc) is 3.17. The lowest BCUT2D eigenvalue weighted by Crippen LogP contribution is -2.24. The van der Waals surface area contributed by atoms with Crippen molar-refractivity contribution < 1.29 is 18.0 Å². The van der Waals surface area contributed by atoms with Crippen molar-refractivity contribution in [3.8, 4) is 11.4 Å². The number of halogens is 3. The van der Waals surface area contributed by atoms with Crippen LogP contribution in [0.2, 0.25) is 0 Å². The van der Waals surface area contributed by atoms with E-state index in [1.165, 1.54) is 12.4 Å². The number of nitrogens with one attached hydrogen (secondary N) is 1. The summed E-state index contributed by atoms with van der Waals surface area (Å²) in [5, 5.41) is 2.99. The van der Waals surface area contributed by atoms with Crippen LogP contribution in [0.3, 0.4) is 0 Å². The van der Waals surface area contributed by atoms with Crippen LogP contribution in [-0.2, 0) is 24.1 Å². The number of amides is 1. The van der Waals surface area contributed by atoms with Crippen LogP contribution in [0.4, 0.5) is 19.0 Å². The van der Waals surface area contributed by atoms with Gasteiger partial charge in [0.2, 0.25) is 5.91 Å². The standard InChI is InChI=1S/C22H20F3N5O/c23-22(24,25)18-12-19(29-21(28-18)15-7-9-26-10-8-15)27-13-16-4-1-2-5-17(16)14-30-11-3-6-20(30)31/h1-2,4-5,7-10,12H,3,6,11,13-14H2,(H,27,28,29). The van der Waals surface area contributed by atoms with Gasteiger partial charge in [0, 0.05) is 50.1 Å². The summed E-state index contributed by atoms with van der Waals surface area (Å²) in [5.41, 5.74) is 1.26. The Hall–Kier alpha value is -3.49. The van der Waals surface area contributed by atoms with E-state index < -0.39 is 11.9 Å². The molecule has 1 fully saturated rings. The molecule has 2 aromatic heterocycles. The maximum Gasteiger partial charge on any atom is 0.433 e. The van der Waals surface area contributed by atoms with E-state index in [1.807, 2.05) is 24.3 Å². The van der Waals surface area contributed by atoms with E-state index in [0.29, 0.717) is 18.5 Å². The third-order valence-electron chi connectivity index (χ3n) is 5.07. The molecule has 0 radical (unpaired) electrons. The molecule has 160 valence electrons. The number of alkyl halides is 3. The molecule has 0 unspecified atom stereocenters. The minimum atomic E-state index is -4.60. The lowest BCUT2D eigenvalue weighted by Gasteiger charge is -2.18. The number of nitrogens with zero attached hydrogens (tertiary/aromatic N) is 4. The van der Waals surface area contributed by atoms with Crippen LogP contribution in [0, 0.1) is 0 Å². The highest BCUT2D eigenvalue weighted by molar-refractivity contribution is 5.78. The molecule has 3 aromatic rings. The Morgan fingerprint density at radius 3 is 2.45 bits per heavy atom. The van der Waals surface area contributed by atoms with E-state index in [4.69, 9.17) is 0 Å². The van der Waals surface area contributed by atoms with Gasteiger partial charge in [0.25, 0.3) is 0 Å². The maximum atomic E-state index is 13.4. The predicted octanol–water partition coefficient (Wildman–Crippen LogP) is 4.29. The molecule has 3 heterocycles. The summed E-state index contributed by atoms with van der Waals surface area (Å²) < 4.78 is 40.2. The molecular weight excluding hydrogens is 407 g/mol. The fraction of sp³-hybridized carbons (Fsp3) is 0.273. The molecule has 4 rings (SSSR count). The van der Waals surface area contributed by atoms with Gasteiger partial charge in [0.1, 0.15) is 5.82 Å². The topological polar surface area (TPSA) is 71.0 Å². The first-order valence-corrected chi connectivity index (χ1v) is 9.85. The van der Waals surface area contributed by atoms with Crippen LogP contribution in [0.15, 0.2) is 54.9 Å². The van der Waals surface area contributed by atoms with Crippen LogP contribution in [-0.4, -0.2) is 32.3 Å². The predicted molar refractivity (Wildman–Crippen MR) is 109 cm³/mol. The highest BCUT2D eigenvalue weighted by atomic mass is 19.4. The average molecular weight is 427 g/mol. The Kier molecular flexibility index (Phi) is 5.83. The van der Waals surface area contributed by atoms with Gasteiger partial charge >= 0.3 is 6.18 Å². The summed E-state index contributed by atoms with van der Waals surface area (Å²) in [6, 6.07) is 11.6. The number of hydrogen-bond donors (Lipinski definition) is 1. The van der Waals surface area contributed by atoms with E-state index in [0.717, 1.165) is 30.2 Å². The number of carbonyl (C=O) groups excluding carboxylic acids is 1. The summed E-state index contributed by atoms with van der Waals surface area (Å²) in [4.78, 5) is 25.6. The first-order chi connectivity index (χ1) is 14.9. The zero-order chi connectivity index (χ0) is 21.8. The zero-order valence-electron chi connectivity index (χ0n) is 16.6. The van der Waals surface area contributed by atoms with Gasteiger partial charge in [0.15, 0.2) is 11.5 Å². The normalized spacial score (nSPS) is 14.2. The third kappa shape index (κ3) is 4.99. The first-order valence-electron chi connectivity index (χ1n) is 9.85. The second-order valence-electron chi connectivity index (χ2n) is 7.24. The molecule has 6 nitrogen and oxygen atoms in total. The van der Waals surface area contributed by atoms with Gasteiger partial charge in [-0.1, -0.05) is 24.3 Å². The Morgan fingerprint density at radius 1 is 1.03 bits per heavy atom. The Bertz CT molecular complexity index is 1070. The molecule has 0 saturated carbocycles. The fourth-order valence-corrected chi connectivity index (χ4v) is 3.46. The van der Waals surface area contributed by atoms with E-state index in [-0.39, 0.29) is 24.1 Å². The molecule has 1 N–H and O–H groups in total. The van der Waals surface area contributed by atoms with E-state index in [2.05, 4.69) is 20.3 Å². The molecule has 0 aliphatic carbocycles.